The van der Waals surface area contributed by atoms with Crippen molar-refractivity contribution in [2.75, 3.05) is 38.7 Å². The maximum atomic E-state index is 14.2. The molecule has 1 N–H and O–H groups in total. The zero-order chi connectivity index (χ0) is 21.0. The standard InChI is InChI=1S/C21H23F2N3OS2/c1-25(2)17-9-14(12-26(3)13-17)18-11-16(24-29-28-4)6-8-20(18)27-21-7-5-15(22)10-19(21)23/h5-12,24H,13H2,1-4H3. The molecule has 1 aliphatic heterocycles. The Bertz CT molecular complexity index is 948. The summed E-state index contributed by atoms with van der Waals surface area (Å²) in [5, 5.41) is 0. The molecule has 0 fully saturated rings. The van der Waals surface area contributed by atoms with Gasteiger partial charge in [-0.05, 0) is 42.7 Å². The second-order valence-corrected chi connectivity index (χ2v) is 8.97. The molecule has 8 heteroatoms. The third-order valence-electron chi connectivity index (χ3n) is 4.31. The van der Waals surface area contributed by atoms with Gasteiger partial charge in [-0.2, -0.15) is 0 Å². The van der Waals surface area contributed by atoms with Crippen LogP contribution in [0.3, 0.4) is 0 Å². The Labute approximate surface area is 178 Å². The molecule has 0 saturated carbocycles. The van der Waals surface area contributed by atoms with Crippen molar-refractivity contribution < 1.29 is 13.5 Å². The van der Waals surface area contributed by atoms with Crippen LogP contribution in [0, 0.1) is 11.6 Å². The van der Waals surface area contributed by atoms with Crippen molar-refractivity contribution in [3.63, 3.8) is 0 Å². The Kier molecular flexibility index (Phi) is 6.97. The molecule has 0 spiro atoms. The van der Waals surface area contributed by atoms with Gasteiger partial charge >= 0.3 is 0 Å². The zero-order valence-electron chi connectivity index (χ0n) is 16.7. The van der Waals surface area contributed by atoms with E-state index in [4.69, 9.17) is 4.74 Å². The molecule has 29 heavy (non-hydrogen) atoms. The van der Waals surface area contributed by atoms with Crippen LogP contribution in [-0.2, 0) is 0 Å². The maximum absolute atomic E-state index is 14.2. The summed E-state index contributed by atoms with van der Waals surface area (Å²) in [5.74, 6) is -0.909. The Morgan fingerprint density at radius 1 is 1.10 bits per heavy atom. The molecule has 0 unspecified atom stereocenters. The Morgan fingerprint density at radius 3 is 2.55 bits per heavy atom. The lowest BCUT2D eigenvalue weighted by Gasteiger charge is -2.28. The quantitative estimate of drug-likeness (QED) is 0.435. The van der Waals surface area contributed by atoms with Crippen LogP contribution in [0.2, 0.25) is 0 Å². The van der Waals surface area contributed by atoms with Gasteiger partial charge in [0.15, 0.2) is 11.6 Å². The summed E-state index contributed by atoms with van der Waals surface area (Å²) >= 11 is 0. The lowest BCUT2D eigenvalue weighted by Crippen LogP contribution is -2.26. The zero-order valence-corrected chi connectivity index (χ0v) is 18.3. The molecule has 0 aliphatic carbocycles. The van der Waals surface area contributed by atoms with Crippen molar-refractivity contribution in [1.29, 1.82) is 0 Å². The van der Waals surface area contributed by atoms with E-state index in [0.717, 1.165) is 35.1 Å². The second kappa shape index (κ2) is 9.45. The molecule has 0 aromatic heterocycles. The molecule has 0 amide bonds. The third kappa shape index (κ3) is 5.39. The van der Waals surface area contributed by atoms with Crippen molar-refractivity contribution in [2.24, 2.45) is 0 Å². The highest BCUT2D eigenvalue weighted by Crippen LogP contribution is 2.37. The largest absolute Gasteiger partial charge is 0.454 e. The molecule has 154 valence electrons. The molecule has 0 bridgehead atoms. The molecule has 0 saturated heterocycles. The number of nitrogens with zero attached hydrogens (tertiary/aromatic N) is 2. The number of likely N-dealkylation sites (N-methyl/N-ethyl adjacent to an activating group) is 2. The Morgan fingerprint density at radius 2 is 1.86 bits per heavy atom. The van der Waals surface area contributed by atoms with Crippen molar-refractivity contribution in [3.05, 3.63) is 71.6 Å². The highest BCUT2D eigenvalue weighted by Gasteiger charge is 2.18. The first-order valence-corrected chi connectivity index (χ1v) is 11.5. The van der Waals surface area contributed by atoms with Gasteiger partial charge in [0.25, 0.3) is 0 Å². The SMILES string of the molecule is CSSNc1ccc(Oc2ccc(F)cc2F)c(C2=CN(C)CC(N(C)C)=C2)c1. The first-order chi connectivity index (χ1) is 13.9. The van der Waals surface area contributed by atoms with Gasteiger partial charge in [0.2, 0.25) is 0 Å². The molecule has 0 radical (unpaired) electrons. The number of halogens is 2. The summed E-state index contributed by atoms with van der Waals surface area (Å²) in [4.78, 5) is 4.15. The topological polar surface area (TPSA) is 27.7 Å². The first-order valence-electron chi connectivity index (χ1n) is 8.90. The molecule has 3 rings (SSSR count). The van der Waals surface area contributed by atoms with E-state index in [1.165, 1.54) is 23.1 Å². The normalized spacial score (nSPS) is 13.7. The van der Waals surface area contributed by atoms with E-state index in [0.29, 0.717) is 5.75 Å². The van der Waals surface area contributed by atoms with Gasteiger partial charge in [-0.3, -0.25) is 0 Å². The number of ether oxygens (including phenoxy) is 1. The van der Waals surface area contributed by atoms with E-state index in [-0.39, 0.29) is 5.75 Å². The number of hydrogen-bond donors (Lipinski definition) is 1. The van der Waals surface area contributed by atoms with E-state index in [1.54, 1.807) is 16.9 Å². The number of anilines is 1. The maximum Gasteiger partial charge on any atom is 0.168 e. The summed E-state index contributed by atoms with van der Waals surface area (Å²) in [5.41, 5.74) is 3.80. The van der Waals surface area contributed by atoms with Crippen molar-refractivity contribution >= 4 is 33.0 Å². The molecule has 1 aliphatic rings. The smallest absolute Gasteiger partial charge is 0.168 e. The van der Waals surface area contributed by atoms with Crippen molar-refractivity contribution in [2.45, 2.75) is 0 Å². The van der Waals surface area contributed by atoms with Gasteiger partial charge in [-0.1, -0.05) is 10.8 Å². The van der Waals surface area contributed by atoms with Gasteiger partial charge in [0.1, 0.15) is 11.6 Å². The average Bonchev–Trinajstić information content (AvgIpc) is 2.68. The molecule has 4 nitrogen and oxygen atoms in total. The van der Waals surface area contributed by atoms with Crippen LogP contribution in [0.5, 0.6) is 11.5 Å². The fourth-order valence-electron chi connectivity index (χ4n) is 2.89. The minimum atomic E-state index is -0.740. The minimum absolute atomic E-state index is 0.0200. The van der Waals surface area contributed by atoms with Crippen LogP contribution in [0.4, 0.5) is 14.5 Å². The fraction of sp³-hybridized carbons (Fsp3) is 0.238. The summed E-state index contributed by atoms with van der Waals surface area (Å²) in [7, 11) is 9.11. The van der Waals surface area contributed by atoms with E-state index in [1.807, 2.05) is 45.7 Å². The summed E-state index contributed by atoms with van der Waals surface area (Å²) in [6, 6.07) is 8.92. The van der Waals surface area contributed by atoms with Crippen LogP contribution in [-0.4, -0.2) is 43.7 Å². The predicted molar refractivity (Wildman–Crippen MR) is 120 cm³/mol. The van der Waals surface area contributed by atoms with Gasteiger partial charge in [0, 0.05) is 66.9 Å². The highest BCUT2D eigenvalue weighted by molar-refractivity contribution is 8.76. The van der Waals surface area contributed by atoms with Crippen LogP contribution in [0.25, 0.3) is 5.57 Å². The summed E-state index contributed by atoms with van der Waals surface area (Å²) in [6.07, 6.45) is 6.11. The fourth-order valence-corrected chi connectivity index (χ4v) is 3.74. The van der Waals surface area contributed by atoms with E-state index in [9.17, 15) is 8.78 Å². The van der Waals surface area contributed by atoms with Gasteiger partial charge in [-0.25, -0.2) is 8.78 Å². The number of allylic oxidation sites excluding steroid dienone is 2. The second-order valence-electron chi connectivity index (χ2n) is 6.77. The lowest BCUT2D eigenvalue weighted by molar-refractivity contribution is 0.403. The van der Waals surface area contributed by atoms with Crippen molar-refractivity contribution in [1.82, 2.24) is 9.80 Å². The van der Waals surface area contributed by atoms with E-state index in [2.05, 4.69) is 20.6 Å². The molecular weight excluding hydrogens is 412 g/mol. The van der Waals surface area contributed by atoms with Crippen LogP contribution in [0.15, 0.2) is 54.4 Å². The van der Waals surface area contributed by atoms with Gasteiger partial charge < -0.3 is 19.3 Å². The average molecular weight is 436 g/mol. The molecule has 1 heterocycles. The van der Waals surface area contributed by atoms with Crippen LogP contribution >= 0.6 is 21.8 Å². The van der Waals surface area contributed by atoms with E-state index < -0.39 is 11.6 Å². The number of hydrogen-bond acceptors (Lipinski definition) is 6. The van der Waals surface area contributed by atoms with Crippen LogP contribution < -0.4 is 9.46 Å². The van der Waals surface area contributed by atoms with Gasteiger partial charge in [0.05, 0.1) is 6.54 Å². The number of rotatable bonds is 7. The Balaban J connectivity index is 2.04. The lowest BCUT2D eigenvalue weighted by atomic mass is 10.0. The summed E-state index contributed by atoms with van der Waals surface area (Å²) < 4.78 is 36.5. The van der Waals surface area contributed by atoms with Gasteiger partial charge in [-0.15, -0.1) is 0 Å². The minimum Gasteiger partial charge on any atom is -0.454 e. The first kappa shape index (κ1) is 21.4. The molecule has 2 aromatic rings. The highest BCUT2D eigenvalue weighted by atomic mass is 33.1. The molecule has 2 aromatic carbocycles. The summed E-state index contributed by atoms with van der Waals surface area (Å²) in [6.45, 7) is 0.791. The number of nitrogens with one attached hydrogen (secondary N) is 1. The Hall–Kier alpha value is -2.32. The monoisotopic (exact) mass is 435 g/mol. The predicted octanol–water partition coefficient (Wildman–Crippen LogP) is 5.83. The third-order valence-corrected chi connectivity index (χ3v) is 5.55. The molecule has 0 atom stereocenters. The number of benzene rings is 2. The molecular formula is C21H23F2N3OS2. The van der Waals surface area contributed by atoms with Crippen molar-refractivity contribution in [3.8, 4) is 11.5 Å². The van der Waals surface area contributed by atoms with Crippen LogP contribution in [0.1, 0.15) is 5.56 Å². The van der Waals surface area contributed by atoms with E-state index >= 15 is 0 Å².